The number of allylic oxidation sites excluding steroid dienone is 2. The van der Waals surface area contributed by atoms with Crippen LogP contribution in [0.2, 0.25) is 5.02 Å². The highest BCUT2D eigenvalue weighted by Gasteiger charge is 2.37. The van der Waals surface area contributed by atoms with Crippen molar-refractivity contribution < 1.29 is 4.74 Å². The van der Waals surface area contributed by atoms with Crippen LogP contribution in [0.4, 0.5) is 11.4 Å². The van der Waals surface area contributed by atoms with Gasteiger partial charge in [0.25, 0.3) is 0 Å². The fraction of sp³-hybridized carbons (Fsp3) is 0.139. The fourth-order valence-corrected chi connectivity index (χ4v) is 6.28. The van der Waals surface area contributed by atoms with E-state index < -0.39 is 0 Å². The number of halogens is 1. The summed E-state index contributed by atoms with van der Waals surface area (Å²) in [5, 5.41) is 6.77. The minimum absolute atomic E-state index is 0.274. The number of hydrogen-bond acceptors (Lipinski definition) is 3. The van der Waals surface area contributed by atoms with Crippen LogP contribution in [-0.2, 0) is 6.61 Å². The van der Waals surface area contributed by atoms with E-state index >= 15 is 0 Å². The average molecular weight is 541 g/mol. The fourth-order valence-electron chi connectivity index (χ4n) is 6.09. The molecule has 0 amide bonds. The molecule has 7 rings (SSSR count). The van der Waals surface area contributed by atoms with Crippen LogP contribution in [0.1, 0.15) is 40.6 Å². The Kier molecular flexibility index (Phi) is 6.59. The summed E-state index contributed by atoms with van der Waals surface area (Å²) in [4.78, 5) is 4.88. The predicted octanol–water partition coefficient (Wildman–Crippen LogP) is 9.65. The highest BCUT2D eigenvalue weighted by molar-refractivity contribution is 6.31. The molecule has 0 unspecified atom stereocenters. The second-order valence-electron chi connectivity index (χ2n) is 10.5. The van der Waals surface area contributed by atoms with Gasteiger partial charge in [-0.3, -0.25) is 4.99 Å². The van der Waals surface area contributed by atoms with Crippen LogP contribution in [0.15, 0.2) is 126 Å². The van der Waals surface area contributed by atoms with Crippen molar-refractivity contribution >= 4 is 40.0 Å². The highest BCUT2D eigenvalue weighted by atomic mass is 35.5. The van der Waals surface area contributed by atoms with Gasteiger partial charge in [-0.05, 0) is 64.6 Å². The van der Waals surface area contributed by atoms with Gasteiger partial charge in [0.2, 0.25) is 0 Å². The Morgan fingerprint density at radius 2 is 1.65 bits per heavy atom. The third-order valence-corrected chi connectivity index (χ3v) is 8.51. The molecule has 0 saturated carbocycles. The number of anilines is 1. The normalized spacial score (nSPS) is 19.4. The molecule has 0 aromatic heterocycles. The zero-order valence-electron chi connectivity index (χ0n) is 22.0. The summed E-state index contributed by atoms with van der Waals surface area (Å²) < 4.78 is 6.28. The minimum Gasteiger partial charge on any atom is -0.488 e. The molecule has 1 aliphatic carbocycles. The number of nitrogens with one attached hydrogen (secondary N) is 1. The molecular weight excluding hydrogens is 512 g/mol. The van der Waals surface area contributed by atoms with Gasteiger partial charge in [0, 0.05) is 34.0 Å². The van der Waals surface area contributed by atoms with Gasteiger partial charge < -0.3 is 10.1 Å². The predicted molar refractivity (Wildman–Crippen MR) is 166 cm³/mol. The maximum absolute atomic E-state index is 6.38. The molecule has 1 N–H and O–H groups in total. The number of nitrogens with zero attached hydrogens (tertiary/aromatic N) is 1. The maximum Gasteiger partial charge on any atom is 0.129 e. The van der Waals surface area contributed by atoms with Gasteiger partial charge in [-0.1, -0.05) is 103 Å². The largest absolute Gasteiger partial charge is 0.488 e. The summed E-state index contributed by atoms with van der Waals surface area (Å²) in [5.41, 5.74) is 6.75. The molecule has 196 valence electrons. The Balaban J connectivity index is 1.16. The van der Waals surface area contributed by atoms with Crippen molar-refractivity contribution in [2.45, 2.75) is 25.0 Å². The van der Waals surface area contributed by atoms with Gasteiger partial charge in [-0.25, -0.2) is 0 Å². The van der Waals surface area contributed by atoms with Crippen LogP contribution in [0.25, 0.3) is 10.8 Å². The number of aliphatic imine (C=N–C) groups is 1. The molecule has 0 bridgehead atoms. The standard InChI is InChI=1S/C36H29ClN2O/c37-33-14-5-2-9-26(33)23-40-35-21-18-24-8-1-3-10-28(24)32(35)22-38-27-19-16-25(17-20-27)36-31-13-7-12-29(31)30-11-4-6-15-34(30)39-36/h1-12,14-22,29,31,36,39H,13,23H2/t29-,31+,36-/m0/s1. The second-order valence-corrected chi connectivity index (χ2v) is 10.9. The van der Waals surface area contributed by atoms with E-state index in [2.05, 4.69) is 84.2 Å². The maximum atomic E-state index is 6.38. The van der Waals surface area contributed by atoms with Gasteiger partial charge in [0.1, 0.15) is 12.4 Å². The van der Waals surface area contributed by atoms with E-state index in [4.69, 9.17) is 21.3 Å². The molecule has 5 aromatic carbocycles. The number of rotatable bonds is 6. The highest BCUT2D eigenvalue weighted by Crippen LogP contribution is 2.49. The monoisotopic (exact) mass is 540 g/mol. The van der Waals surface area contributed by atoms with Gasteiger partial charge in [-0.2, -0.15) is 0 Å². The molecule has 3 atom stereocenters. The minimum atomic E-state index is 0.274. The number of ether oxygens (including phenoxy) is 1. The Labute approximate surface area is 239 Å². The van der Waals surface area contributed by atoms with Crippen molar-refractivity contribution in [1.82, 2.24) is 0 Å². The van der Waals surface area contributed by atoms with Crippen molar-refractivity contribution in [1.29, 1.82) is 0 Å². The first-order chi connectivity index (χ1) is 19.7. The van der Waals surface area contributed by atoms with E-state index in [0.29, 0.717) is 23.5 Å². The molecule has 1 heterocycles. The molecule has 5 aromatic rings. The van der Waals surface area contributed by atoms with E-state index in [1.165, 1.54) is 16.8 Å². The number of hydrogen-bond donors (Lipinski definition) is 1. The molecule has 1 aliphatic heterocycles. The summed E-state index contributed by atoms with van der Waals surface area (Å²) in [6, 6.07) is 37.8. The third kappa shape index (κ3) is 4.67. The summed E-state index contributed by atoms with van der Waals surface area (Å²) in [6.07, 6.45) is 7.73. The van der Waals surface area contributed by atoms with Crippen molar-refractivity contribution in [3.63, 3.8) is 0 Å². The van der Waals surface area contributed by atoms with Crippen molar-refractivity contribution in [2.24, 2.45) is 10.9 Å². The molecule has 4 heteroatoms. The SMILES string of the molecule is Clc1ccccc1COc1ccc2ccccc2c1C=Nc1ccc([C@@H]2Nc3ccccc3[C@@H]3C=CC[C@H]32)cc1. The zero-order chi connectivity index (χ0) is 26.9. The average Bonchev–Trinajstić information content (AvgIpc) is 3.50. The first-order valence-electron chi connectivity index (χ1n) is 13.8. The summed E-state index contributed by atoms with van der Waals surface area (Å²) in [7, 11) is 0. The van der Waals surface area contributed by atoms with Crippen LogP contribution in [0.5, 0.6) is 5.75 Å². The first-order valence-corrected chi connectivity index (χ1v) is 14.2. The number of fused-ring (bicyclic) bond motifs is 4. The summed E-state index contributed by atoms with van der Waals surface area (Å²) >= 11 is 6.38. The van der Waals surface area contributed by atoms with Crippen LogP contribution in [-0.4, -0.2) is 6.21 Å². The second kappa shape index (κ2) is 10.7. The lowest BCUT2D eigenvalue weighted by molar-refractivity contribution is 0.306. The Hall–Kier alpha value is -4.34. The van der Waals surface area contributed by atoms with E-state index in [-0.39, 0.29) is 6.04 Å². The Bertz CT molecular complexity index is 1740. The number of benzene rings is 5. The molecule has 0 saturated heterocycles. The summed E-state index contributed by atoms with van der Waals surface area (Å²) in [5.74, 6) is 1.78. The van der Waals surface area contributed by atoms with Gasteiger partial charge in [0.15, 0.2) is 0 Å². The molecule has 2 aliphatic rings. The molecular formula is C36H29ClN2O. The van der Waals surface area contributed by atoms with Crippen molar-refractivity contribution in [3.05, 3.63) is 149 Å². The van der Waals surface area contributed by atoms with Gasteiger partial charge >= 0.3 is 0 Å². The molecule has 3 nitrogen and oxygen atoms in total. The van der Waals surface area contributed by atoms with E-state index in [0.717, 1.165) is 39.8 Å². The van der Waals surface area contributed by atoms with Crippen LogP contribution in [0.3, 0.4) is 0 Å². The topological polar surface area (TPSA) is 33.6 Å². The smallest absolute Gasteiger partial charge is 0.129 e. The quantitative estimate of drug-likeness (QED) is 0.172. The molecule has 0 fully saturated rings. The first kappa shape index (κ1) is 24.7. The van der Waals surface area contributed by atoms with Crippen molar-refractivity contribution in [2.75, 3.05) is 5.32 Å². The van der Waals surface area contributed by atoms with E-state index in [1.807, 2.05) is 48.7 Å². The Morgan fingerprint density at radius 1 is 0.850 bits per heavy atom. The van der Waals surface area contributed by atoms with Crippen LogP contribution in [0, 0.1) is 5.92 Å². The Morgan fingerprint density at radius 3 is 2.55 bits per heavy atom. The molecule has 0 spiro atoms. The third-order valence-electron chi connectivity index (χ3n) is 8.14. The lowest BCUT2D eigenvalue weighted by Crippen LogP contribution is -2.28. The van der Waals surface area contributed by atoms with Gasteiger partial charge in [0.05, 0.1) is 11.7 Å². The van der Waals surface area contributed by atoms with E-state index in [1.54, 1.807) is 0 Å². The van der Waals surface area contributed by atoms with Crippen molar-refractivity contribution in [3.8, 4) is 5.75 Å². The van der Waals surface area contributed by atoms with Crippen LogP contribution >= 0.6 is 11.6 Å². The van der Waals surface area contributed by atoms with E-state index in [9.17, 15) is 0 Å². The lowest BCUT2D eigenvalue weighted by atomic mass is 9.77. The summed E-state index contributed by atoms with van der Waals surface area (Å²) in [6.45, 7) is 0.391. The molecule has 0 radical (unpaired) electrons. The van der Waals surface area contributed by atoms with Crippen LogP contribution < -0.4 is 10.1 Å². The van der Waals surface area contributed by atoms with Gasteiger partial charge in [-0.15, -0.1) is 0 Å². The molecule has 40 heavy (non-hydrogen) atoms. The number of para-hydroxylation sites is 1. The lowest BCUT2D eigenvalue weighted by Gasteiger charge is -2.37. The zero-order valence-corrected chi connectivity index (χ0v) is 22.8.